The Kier molecular flexibility index (Phi) is 5.84. The van der Waals surface area contributed by atoms with Gasteiger partial charge in [0.2, 0.25) is 5.91 Å². The predicted octanol–water partition coefficient (Wildman–Crippen LogP) is 5.35. The molecule has 0 atom stereocenters. The Morgan fingerprint density at radius 1 is 1.06 bits per heavy atom. The number of nitrogens with one attached hydrogen (secondary N) is 1. The van der Waals surface area contributed by atoms with Crippen LogP contribution in [0.5, 0.6) is 0 Å². The molecule has 0 radical (unpaired) electrons. The zero-order chi connectivity index (χ0) is 21.4. The number of hydrogen-bond acceptors (Lipinski definition) is 4. The Morgan fingerprint density at radius 3 is 2.29 bits per heavy atom. The first-order valence-electron chi connectivity index (χ1n) is 12.0. The molecule has 5 nitrogen and oxygen atoms in total. The largest absolute Gasteiger partial charge is 0.325 e. The van der Waals surface area contributed by atoms with Crippen molar-refractivity contribution in [3.8, 4) is 0 Å². The van der Waals surface area contributed by atoms with Crippen LogP contribution >= 0.6 is 11.8 Å². The summed E-state index contributed by atoms with van der Waals surface area (Å²) in [7, 11) is 0. The molecule has 31 heavy (non-hydrogen) atoms. The highest BCUT2D eigenvalue weighted by Gasteiger charge is 2.51. The Balaban J connectivity index is 1.21. The van der Waals surface area contributed by atoms with Crippen LogP contribution < -0.4 is 5.32 Å². The van der Waals surface area contributed by atoms with Gasteiger partial charge in [-0.15, -0.1) is 10.2 Å². The summed E-state index contributed by atoms with van der Waals surface area (Å²) in [6.07, 6.45) is 10.6. The van der Waals surface area contributed by atoms with Crippen molar-refractivity contribution >= 4 is 23.4 Å². The van der Waals surface area contributed by atoms with E-state index in [4.69, 9.17) is 0 Å². The van der Waals surface area contributed by atoms with Crippen LogP contribution in [0, 0.1) is 23.2 Å². The third kappa shape index (κ3) is 4.41. The van der Waals surface area contributed by atoms with E-state index in [-0.39, 0.29) is 5.91 Å². The van der Waals surface area contributed by atoms with E-state index < -0.39 is 0 Å². The van der Waals surface area contributed by atoms with E-state index >= 15 is 0 Å². The van der Waals surface area contributed by atoms with E-state index in [2.05, 4.69) is 46.1 Å². The Hall–Kier alpha value is -1.82. The maximum absolute atomic E-state index is 12.5. The zero-order valence-corrected chi connectivity index (χ0v) is 19.6. The van der Waals surface area contributed by atoms with Gasteiger partial charge in [0.1, 0.15) is 5.82 Å². The van der Waals surface area contributed by atoms with E-state index in [1.54, 1.807) is 0 Å². The number of benzene rings is 1. The van der Waals surface area contributed by atoms with E-state index in [0.717, 1.165) is 53.8 Å². The molecule has 0 unspecified atom stereocenters. The summed E-state index contributed by atoms with van der Waals surface area (Å²) in [5.41, 5.74) is 2.58. The lowest BCUT2D eigenvalue weighted by Gasteiger charge is -2.56. The minimum absolute atomic E-state index is 0.00235. The first-order chi connectivity index (χ1) is 15.1. The molecule has 6 heteroatoms. The summed E-state index contributed by atoms with van der Waals surface area (Å²) in [4.78, 5) is 12.5. The first kappa shape index (κ1) is 21.0. The number of amides is 1. The standard InChI is InChI=1S/C25H34N4OS/c1-3-17-5-7-21(8-6-17)26-23(30)16-31-24-28-27-22(29(24)4-2)15-25-12-18-9-19(13-25)11-20(10-18)14-25/h5-8,18-20H,3-4,9-16H2,1-2H3,(H,26,30). The van der Waals surface area contributed by atoms with Gasteiger partial charge in [-0.2, -0.15) is 0 Å². The number of thioether (sulfide) groups is 1. The lowest BCUT2D eigenvalue weighted by molar-refractivity contribution is -0.113. The van der Waals surface area contributed by atoms with Crippen molar-refractivity contribution in [3.05, 3.63) is 35.7 Å². The molecule has 4 saturated carbocycles. The van der Waals surface area contributed by atoms with Gasteiger partial charge in [-0.05, 0) is 92.7 Å². The first-order valence-corrected chi connectivity index (χ1v) is 13.0. The fourth-order valence-corrected chi connectivity index (χ4v) is 7.69. The molecular weight excluding hydrogens is 404 g/mol. The van der Waals surface area contributed by atoms with Gasteiger partial charge < -0.3 is 9.88 Å². The molecule has 4 bridgehead atoms. The maximum atomic E-state index is 12.5. The molecule has 1 aromatic heterocycles. The van der Waals surface area contributed by atoms with Crippen molar-refractivity contribution in [2.45, 2.75) is 76.9 Å². The lowest BCUT2D eigenvalue weighted by atomic mass is 9.49. The van der Waals surface area contributed by atoms with Crippen molar-refractivity contribution in [3.63, 3.8) is 0 Å². The van der Waals surface area contributed by atoms with Crippen molar-refractivity contribution < 1.29 is 4.79 Å². The number of hydrogen-bond donors (Lipinski definition) is 1. The van der Waals surface area contributed by atoms with Crippen LogP contribution in [0.25, 0.3) is 0 Å². The highest BCUT2D eigenvalue weighted by atomic mass is 32.2. The number of carbonyl (C=O) groups is 1. The summed E-state index contributed by atoms with van der Waals surface area (Å²) in [6, 6.07) is 8.07. The fourth-order valence-electron chi connectivity index (χ4n) is 6.87. The van der Waals surface area contributed by atoms with Crippen molar-refractivity contribution in [2.24, 2.45) is 23.2 Å². The topological polar surface area (TPSA) is 59.8 Å². The van der Waals surface area contributed by atoms with Crippen LogP contribution in [0.4, 0.5) is 5.69 Å². The Bertz CT molecular complexity index is 900. The quantitative estimate of drug-likeness (QED) is 0.565. The summed E-state index contributed by atoms with van der Waals surface area (Å²) in [5.74, 6) is 4.34. The van der Waals surface area contributed by atoms with Gasteiger partial charge in [-0.25, -0.2) is 0 Å². The number of aromatic nitrogens is 3. The molecule has 6 rings (SSSR count). The number of rotatable bonds is 8. The van der Waals surface area contributed by atoms with Crippen LogP contribution in [-0.2, 0) is 24.2 Å². The molecule has 0 saturated heterocycles. The fraction of sp³-hybridized carbons (Fsp3) is 0.640. The molecule has 1 amide bonds. The van der Waals surface area contributed by atoms with E-state index in [1.807, 2.05) is 12.1 Å². The summed E-state index contributed by atoms with van der Waals surface area (Å²) in [5, 5.41) is 13.0. The molecule has 166 valence electrons. The van der Waals surface area contributed by atoms with Gasteiger partial charge >= 0.3 is 0 Å². The SMILES string of the molecule is CCc1ccc(NC(=O)CSc2nnc(CC34CC5CC(CC(C5)C3)C4)n2CC)cc1. The molecular formula is C25H34N4OS. The van der Waals surface area contributed by atoms with Gasteiger partial charge in [0.25, 0.3) is 0 Å². The predicted molar refractivity (Wildman–Crippen MR) is 125 cm³/mol. The van der Waals surface area contributed by atoms with Crippen LogP contribution in [0.1, 0.15) is 63.8 Å². The van der Waals surface area contributed by atoms with Crippen molar-refractivity contribution in [1.82, 2.24) is 14.8 Å². The number of aryl methyl sites for hydroxylation is 1. The van der Waals surface area contributed by atoms with Crippen LogP contribution in [0.3, 0.4) is 0 Å². The molecule has 1 N–H and O–H groups in total. The molecule has 4 fully saturated rings. The average molecular weight is 439 g/mol. The van der Waals surface area contributed by atoms with Crippen molar-refractivity contribution in [1.29, 1.82) is 0 Å². The van der Waals surface area contributed by atoms with Gasteiger partial charge in [0.15, 0.2) is 5.16 Å². The normalized spacial score (nSPS) is 28.8. The third-order valence-corrected chi connectivity index (χ3v) is 8.75. The molecule has 0 aliphatic heterocycles. The number of carbonyl (C=O) groups excluding carboxylic acids is 1. The molecule has 4 aliphatic rings. The highest BCUT2D eigenvalue weighted by molar-refractivity contribution is 7.99. The van der Waals surface area contributed by atoms with Crippen molar-refractivity contribution in [2.75, 3.05) is 11.1 Å². The van der Waals surface area contributed by atoms with Crippen LogP contribution in [0.2, 0.25) is 0 Å². The van der Waals surface area contributed by atoms with Gasteiger partial charge in [-0.1, -0.05) is 30.8 Å². The lowest BCUT2D eigenvalue weighted by Crippen LogP contribution is -2.47. The maximum Gasteiger partial charge on any atom is 0.234 e. The molecule has 1 heterocycles. The number of nitrogens with zero attached hydrogens (tertiary/aromatic N) is 3. The third-order valence-electron chi connectivity index (χ3n) is 7.79. The average Bonchev–Trinajstić information content (AvgIpc) is 3.12. The van der Waals surface area contributed by atoms with Gasteiger partial charge in [0, 0.05) is 18.7 Å². The zero-order valence-electron chi connectivity index (χ0n) is 18.8. The Morgan fingerprint density at radius 2 is 1.71 bits per heavy atom. The van der Waals surface area contributed by atoms with Gasteiger partial charge in [-0.3, -0.25) is 4.79 Å². The van der Waals surface area contributed by atoms with Gasteiger partial charge in [0.05, 0.1) is 5.75 Å². The highest BCUT2D eigenvalue weighted by Crippen LogP contribution is 2.61. The minimum atomic E-state index is 0.00235. The van der Waals surface area contributed by atoms with E-state index in [9.17, 15) is 4.79 Å². The van der Waals surface area contributed by atoms with E-state index in [1.165, 1.54) is 55.9 Å². The minimum Gasteiger partial charge on any atom is -0.325 e. The van der Waals surface area contributed by atoms with Crippen LogP contribution in [0.15, 0.2) is 29.4 Å². The van der Waals surface area contributed by atoms with E-state index in [0.29, 0.717) is 11.2 Å². The second-order valence-electron chi connectivity index (χ2n) is 10.1. The monoisotopic (exact) mass is 438 g/mol. The molecule has 2 aromatic rings. The number of anilines is 1. The Labute approximate surface area is 189 Å². The summed E-state index contributed by atoms with van der Waals surface area (Å²) >= 11 is 1.50. The molecule has 1 aromatic carbocycles. The summed E-state index contributed by atoms with van der Waals surface area (Å²) in [6.45, 7) is 5.15. The second kappa shape index (κ2) is 8.61. The summed E-state index contributed by atoms with van der Waals surface area (Å²) < 4.78 is 2.24. The van der Waals surface area contributed by atoms with Crippen LogP contribution in [-0.4, -0.2) is 26.4 Å². The smallest absolute Gasteiger partial charge is 0.234 e. The second-order valence-corrected chi connectivity index (χ2v) is 11.1. The molecule has 0 spiro atoms. The molecule has 4 aliphatic carbocycles.